The summed E-state index contributed by atoms with van der Waals surface area (Å²) in [6, 6.07) is 4.86. The van der Waals surface area contributed by atoms with Crippen molar-refractivity contribution in [3.63, 3.8) is 0 Å². The fourth-order valence-corrected chi connectivity index (χ4v) is 2.03. The Bertz CT molecular complexity index is 520. The van der Waals surface area contributed by atoms with Gasteiger partial charge in [-0.15, -0.1) is 24.0 Å². The maximum absolute atomic E-state index is 12.7. The molecule has 4 nitrogen and oxygen atoms in total. The average molecular weight is 459 g/mol. The topological polar surface area (TPSA) is 50.8 Å². The van der Waals surface area contributed by atoms with Crippen LogP contribution >= 0.6 is 24.0 Å². The Morgan fingerprint density at radius 2 is 1.88 bits per heavy atom. The quantitative estimate of drug-likeness (QED) is 0.379. The number of guanidine groups is 1. The molecule has 0 bridgehead atoms. The smallest absolute Gasteiger partial charge is 0.416 e. The summed E-state index contributed by atoms with van der Waals surface area (Å²) in [6.45, 7) is 7.63. The van der Waals surface area contributed by atoms with Gasteiger partial charge in [0.05, 0.1) is 12.1 Å². The lowest BCUT2D eigenvalue weighted by molar-refractivity contribution is -0.137. The van der Waals surface area contributed by atoms with Crippen molar-refractivity contribution >= 4 is 29.9 Å². The summed E-state index contributed by atoms with van der Waals surface area (Å²) in [5.41, 5.74) is 5.16. The molecule has 2 N–H and O–H groups in total. The molecule has 0 saturated heterocycles. The van der Waals surface area contributed by atoms with E-state index < -0.39 is 11.7 Å². The van der Waals surface area contributed by atoms with Crippen LogP contribution in [0.1, 0.15) is 32.8 Å². The minimum absolute atomic E-state index is 0. The summed E-state index contributed by atoms with van der Waals surface area (Å²) < 4.78 is 43.7. The Morgan fingerprint density at radius 1 is 1.25 bits per heavy atom. The number of ether oxygens (including phenoxy) is 1. The SMILES string of the molecule is CCC(CN=C(N)N(CC)CC)Oc1cccc(C(F)(F)F)c1.I. The number of hydrogen-bond donors (Lipinski definition) is 1. The summed E-state index contributed by atoms with van der Waals surface area (Å²) in [5.74, 6) is 0.601. The van der Waals surface area contributed by atoms with Crippen LogP contribution in [0.5, 0.6) is 5.75 Å². The predicted octanol–water partition coefficient (Wildman–Crippen LogP) is 4.14. The summed E-state index contributed by atoms with van der Waals surface area (Å²) >= 11 is 0. The predicted molar refractivity (Wildman–Crippen MR) is 101 cm³/mol. The van der Waals surface area contributed by atoms with Crippen LogP contribution in [-0.4, -0.2) is 36.6 Å². The molecule has 138 valence electrons. The minimum atomic E-state index is -4.38. The lowest BCUT2D eigenvalue weighted by Crippen LogP contribution is -2.38. The minimum Gasteiger partial charge on any atom is -0.488 e. The second-order valence-corrected chi connectivity index (χ2v) is 5.04. The number of nitrogens with two attached hydrogens (primary N) is 1. The van der Waals surface area contributed by atoms with Gasteiger partial charge in [0.15, 0.2) is 5.96 Å². The third-order valence-corrected chi connectivity index (χ3v) is 3.46. The van der Waals surface area contributed by atoms with Gasteiger partial charge in [0, 0.05) is 13.1 Å². The third-order valence-electron chi connectivity index (χ3n) is 3.46. The Hall–Kier alpha value is -1.19. The molecule has 1 aromatic rings. The van der Waals surface area contributed by atoms with Crippen molar-refractivity contribution in [3.05, 3.63) is 29.8 Å². The molecule has 0 aliphatic carbocycles. The van der Waals surface area contributed by atoms with Crippen LogP contribution in [0.2, 0.25) is 0 Å². The van der Waals surface area contributed by atoms with E-state index in [9.17, 15) is 13.2 Å². The van der Waals surface area contributed by atoms with E-state index in [0.717, 1.165) is 25.2 Å². The highest BCUT2D eigenvalue weighted by molar-refractivity contribution is 14.0. The van der Waals surface area contributed by atoms with Crippen LogP contribution in [0.3, 0.4) is 0 Å². The molecule has 0 radical (unpaired) electrons. The van der Waals surface area contributed by atoms with Crippen molar-refractivity contribution in [2.45, 2.75) is 39.5 Å². The first-order valence-electron chi connectivity index (χ1n) is 7.70. The number of rotatable bonds is 7. The molecule has 0 spiro atoms. The highest BCUT2D eigenvalue weighted by atomic mass is 127. The van der Waals surface area contributed by atoms with E-state index in [1.165, 1.54) is 12.1 Å². The van der Waals surface area contributed by atoms with Crippen molar-refractivity contribution in [2.24, 2.45) is 10.7 Å². The molecule has 0 aliphatic heterocycles. The zero-order chi connectivity index (χ0) is 17.5. The molecule has 1 aromatic carbocycles. The lowest BCUT2D eigenvalue weighted by Gasteiger charge is -2.21. The molecular formula is C16H25F3IN3O. The summed E-state index contributed by atoms with van der Waals surface area (Å²) in [5, 5.41) is 0. The molecule has 0 heterocycles. The fraction of sp³-hybridized carbons (Fsp3) is 0.562. The standard InChI is InChI=1S/C16H24F3N3O.HI/c1-4-13(11-21-15(20)22(5-2)6-3)23-14-9-7-8-12(10-14)16(17,18)19;/h7-10,13H,4-6,11H2,1-3H3,(H2,20,21);1H. The molecule has 0 aliphatic rings. The molecule has 1 atom stereocenters. The number of hydrogen-bond acceptors (Lipinski definition) is 2. The molecular weight excluding hydrogens is 434 g/mol. The zero-order valence-corrected chi connectivity index (χ0v) is 16.5. The molecule has 8 heteroatoms. The van der Waals surface area contributed by atoms with Crippen LogP contribution < -0.4 is 10.5 Å². The van der Waals surface area contributed by atoms with E-state index in [-0.39, 0.29) is 35.8 Å². The number of benzene rings is 1. The molecule has 1 rings (SSSR count). The van der Waals surface area contributed by atoms with Gasteiger partial charge in [0.25, 0.3) is 0 Å². The van der Waals surface area contributed by atoms with E-state index in [2.05, 4.69) is 4.99 Å². The van der Waals surface area contributed by atoms with E-state index in [4.69, 9.17) is 10.5 Å². The summed E-state index contributed by atoms with van der Waals surface area (Å²) in [7, 11) is 0. The number of alkyl halides is 3. The van der Waals surface area contributed by atoms with Gasteiger partial charge in [0.1, 0.15) is 11.9 Å². The Labute approximate surface area is 158 Å². The molecule has 0 fully saturated rings. The van der Waals surface area contributed by atoms with Gasteiger partial charge in [-0.1, -0.05) is 13.0 Å². The largest absolute Gasteiger partial charge is 0.488 e. The number of nitrogens with zero attached hydrogens (tertiary/aromatic N) is 2. The van der Waals surface area contributed by atoms with E-state index in [0.29, 0.717) is 18.9 Å². The molecule has 0 aromatic heterocycles. The average Bonchev–Trinajstić information content (AvgIpc) is 2.52. The van der Waals surface area contributed by atoms with Gasteiger partial charge in [0.2, 0.25) is 0 Å². The van der Waals surface area contributed by atoms with Gasteiger partial charge in [-0.05, 0) is 38.5 Å². The lowest BCUT2D eigenvalue weighted by atomic mass is 10.2. The number of halogens is 4. The molecule has 24 heavy (non-hydrogen) atoms. The summed E-state index contributed by atoms with van der Waals surface area (Å²) in [4.78, 5) is 6.18. The highest BCUT2D eigenvalue weighted by Gasteiger charge is 2.30. The maximum Gasteiger partial charge on any atom is 0.416 e. The highest BCUT2D eigenvalue weighted by Crippen LogP contribution is 2.31. The third kappa shape index (κ3) is 7.14. The second-order valence-electron chi connectivity index (χ2n) is 5.04. The van der Waals surface area contributed by atoms with Gasteiger partial charge in [-0.25, -0.2) is 4.99 Å². The van der Waals surface area contributed by atoms with Crippen LogP contribution in [0.4, 0.5) is 13.2 Å². The number of aliphatic imine (C=N–C) groups is 1. The van der Waals surface area contributed by atoms with E-state index in [1.807, 2.05) is 25.7 Å². The first kappa shape index (κ1) is 22.8. The zero-order valence-electron chi connectivity index (χ0n) is 14.1. The van der Waals surface area contributed by atoms with Crippen LogP contribution in [-0.2, 0) is 6.18 Å². The first-order chi connectivity index (χ1) is 10.8. The summed E-state index contributed by atoms with van der Waals surface area (Å²) in [6.07, 6.45) is -4.09. The Balaban J connectivity index is 0.00000529. The van der Waals surface area contributed by atoms with E-state index >= 15 is 0 Å². The van der Waals surface area contributed by atoms with Gasteiger partial charge >= 0.3 is 6.18 Å². The maximum atomic E-state index is 12.7. The van der Waals surface area contributed by atoms with E-state index in [1.54, 1.807) is 0 Å². The van der Waals surface area contributed by atoms with Crippen LogP contribution in [0, 0.1) is 0 Å². The van der Waals surface area contributed by atoms with Gasteiger partial charge < -0.3 is 15.4 Å². The molecule has 0 saturated carbocycles. The van der Waals surface area contributed by atoms with Gasteiger partial charge in [-0.3, -0.25) is 0 Å². The first-order valence-corrected chi connectivity index (χ1v) is 7.70. The second kappa shape index (κ2) is 10.6. The Morgan fingerprint density at radius 3 is 2.38 bits per heavy atom. The monoisotopic (exact) mass is 459 g/mol. The Kier molecular flexibility index (Phi) is 10.1. The van der Waals surface area contributed by atoms with Crippen LogP contribution in [0.15, 0.2) is 29.3 Å². The fourth-order valence-electron chi connectivity index (χ4n) is 2.03. The molecule has 0 amide bonds. The van der Waals surface area contributed by atoms with Crippen LogP contribution in [0.25, 0.3) is 0 Å². The molecule has 1 unspecified atom stereocenters. The van der Waals surface area contributed by atoms with Crippen molar-refractivity contribution in [2.75, 3.05) is 19.6 Å². The van der Waals surface area contributed by atoms with Crippen molar-refractivity contribution < 1.29 is 17.9 Å². The van der Waals surface area contributed by atoms with Gasteiger partial charge in [-0.2, -0.15) is 13.2 Å². The van der Waals surface area contributed by atoms with Crippen molar-refractivity contribution in [3.8, 4) is 5.75 Å². The van der Waals surface area contributed by atoms with Crippen molar-refractivity contribution in [1.82, 2.24) is 4.90 Å². The van der Waals surface area contributed by atoms with Crippen molar-refractivity contribution in [1.29, 1.82) is 0 Å². The normalized spacial score (nSPS) is 13.2.